The molecule has 0 aromatic heterocycles. The van der Waals surface area contributed by atoms with E-state index in [1.165, 1.54) is 11.1 Å². The van der Waals surface area contributed by atoms with Gasteiger partial charge in [-0.05, 0) is 72.5 Å². The van der Waals surface area contributed by atoms with Crippen LogP contribution < -0.4 is 72.2 Å². The molecule has 16 nitrogen and oxygen atoms in total. The van der Waals surface area contributed by atoms with Crippen molar-refractivity contribution < 1.29 is 100 Å². The number of fused-ring (bicyclic) bond motifs is 2. The average Bonchev–Trinajstić information content (AvgIpc) is 3.40. The van der Waals surface area contributed by atoms with Crippen molar-refractivity contribution in [2.75, 3.05) is 125 Å². The molecule has 4 aromatic carbocycles. The number of quaternary nitrogens is 2. The zero-order chi connectivity index (χ0) is 52.0. The van der Waals surface area contributed by atoms with Crippen LogP contribution in [0.3, 0.4) is 0 Å². The van der Waals surface area contributed by atoms with Crippen molar-refractivity contribution in [3.05, 3.63) is 81.9 Å². The number of carbonyl (C=O) groups excluding carboxylic acids is 2. The molecule has 18 heteroatoms. The fourth-order valence-corrected chi connectivity index (χ4v) is 10.8. The number of methoxy groups -OCH3 is 10. The lowest BCUT2D eigenvalue weighted by Gasteiger charge is -2.46. The Kier molecular flexibility index (Phi) is 23.3. The summed E-state index contributed by atoms with van der Waals surface area (Å²) in [6.45, 7) is 3.86. The maximum atomic E-state index is 12.9. The van der Waals surface area contributed by atoms with Crippen molar-refractivity contribution in [1.29, 1.82) is 0 Å². The largest absolute Gasteiger partial charge is 1.00 e. The van der Waals surface area contributed by atoms with Crippen molar-refractivity contribution in [2.45, 2.75) is 76.3 Å². The van der Waals surface area contributed by atoms with E-state index in [0.717, 1.165) is 74.1 Å². The summed E-state index contributed by atoms with van der Waals surface area (Å²) in [5.74, 6) is 5.67. The number of unbranched alkanes of at least 4 members (excludes halogenated alkanes) is 3. The molecule has 0 spiro atoms. The Morgan fingerprint density at radius 1 is 0.419 bits per heavy atom. The highest BCUT2D eigenvalue weighted by Crippen LogP contribution is 2.50. The molecule has 0 saturated carbocycles. The fraction of sp³-hybridized carbons (Fsp3) is 0.536. The van der Waals surface area contributed by atoms with Crippen LogP contribution in [0.4, 0.5) is 0 Å². The zero-order valence-electron chi connectivity index (χ0n) is 45.5. The van der Waals surface area contributed by atoms with E-state index < -0.39 is 0 Å². The van der Waals surface area contributed by atoms with Crippen LogP contribution in [0.5, 0.6) is 57.5 Å². The number of hydrogen-bond donors (Lipinski definition) is 0. The van der Waals surface area contributed by atoms with Crippen molar-refractivity contribution >= 4 is 11.9 Å². The van der Waals surface area contributed by atoms with Crippen LogP contribution in [0, 0.1) is 0 Å². The second kappa shape index (κ2) is 28.3. The standard InChI is InChI=1S/C56H78N2O14.2ClH/c1-57(25-21-37-29-43(61-3)45(63-5)35-41(37)53(57)39-31-47(65-7)55(69-11)48(32-39)66-8)23-17-27-71-51(59)19-15-13-14-16-20-52(60)72-28-18-24-58(2)26-22-38-30-44(62-4)46(64-6)36-42(38)54(58)40-33-49(67-9)56(70-12)50(34-40)68-10;;/h29-36,53-54H,13-28H2,1-12H3;2*1H/q+2;;/p-2/t53-,54+,57-,58+;;. The first-order valence-corrected chi connectivity index (χ1v) is 24.9. The maximum Gasteiger partial charge on any atom is 0.305 e. The Labute approximate surface area is 450 Å². The molecule has 0 fully saturated rings. The monoisotopic (exact) mass is 1070 g/mol. The minimum atomic E-state index is -0.209. The van der Waals surface area contributed by atoms with Gasteiger partial charge in [0.1, 0.15) is 12.1 Å². The zero-order valence-corrected chi connectivity index (χ0v) is 47.0. The van der Waals surface area contributed by atoms with Crippen molar-refractivity contribution in [3.63, 3.8) is 0 Å². The average molecular weight is 1070 g/mol. The Morgan fingerprint density at radius 2 is 0.730 bits per heavy atom. The number of likely N-dealkylation sites (N-methyl/N-ethyl adjacent to an activating group) is 2. The number of carbonyl (C=O) groups is 2. The SMILES string of the molecule is COc1cc2c(cc1OC)[C@@H](c1cc(OC)c(OC)c(OC)c1)[N@+](C)(CCCOC(=O)CCCCCCC(=O)OCCC[N@@+]1(C)CCc3cc(OC)c(OC)cc3[C@@H]1c1cc(OC)c(OC)c(OC)c1)CC2.[Cl-].[Cl-]. The predicted molar refractivity (Wildman–Crippen MR) is 273 cm³/mol. The lowest BCUT2D eigenvalue weighted by molar-refractivity contribution is -0.935. The minimum absolute atomic E-state index is 0. The summed E-state index contributed by atoms with van der Waals surface area (Å²) in [5, 5.41) is 0. The van der Waals surface area contributed by atoms with Gasteiger partial charge in [-0.15, -0.1) is 0 Å². The molecular formula is C56H78Cl2N2O14. The van der Waals surface area contributed by atoms with E-state index in [-0.39, 0.29) is 48.8 Å². The van der Waals surface area contributed by atoms with Gasteiger partial charge in [0, 0.05) is 60.8 Å². The first-order chi connectivity index (χ1) is 34.8. The molecule has 2 aliphatic rings. The molecule has 4 atom stereocenters. The number of hydrogen-bond acceptors (Lipinski definition) is 14. The van der Waals surface area contributed by atoms with E-state index in [9.17, 15) is 9.59 Å². The van der Waals surface area contributed by atoms with Crippen LogP contribution in [0.15, 0.2) is 48.5 Å². The van der Waals surface area contributed by atoms with Crippen LogP contribution in [0.2, 0.25) is 0 Å². The topological polar surface area (TPSA) is 145 Å². The Hall–Kier alpha value is -5.68. The van der Waals surface area contributed by atoms with Crippen LogP contribution in [-0.2, 0) is 31.9 Å². The van der Waals surface area contributed by atoms with Gasteiger partial charge < -0.3 is 90.6 Å². The van der Waals surface area contributed by atoms with Gasteiger partial charge in [-0.2, -0.15) is 0 Å². The van der Waals surface area contributed by atoms with E-state index in [1.807, 2.05) is 24.3 Å². The van der Waals surface area contributed by atoms with Crippen molar-refractivity contribution in [3.8, 4) is 57.5 Å². The fourth-order valence-electron chi connectivity index (χ4n) is 10.8. The first kappa shape index (κ1) is 60.9. The third-order valence-electron chi connectivity index (χ3n) is 14.6. The van der Waals surface area contributed by atoms with Gasteiger partial charge in [-0.1, -0.05) is 12.8 Å². The van der Waals surface area contributed by atoms with Crippen molar-refractivity contribution in [1.82, 2.24) is 0 Å². The second-order valence-corrected chi connectivity index (χ2v) is 18.9. The molecule has 0 radical (unpaired) electrons. The van der Waals surface area contributed by atoms with Crippen LogP contribution in [0.25, 0.3) is 0 Å². The van der Waals surface area contributed by atoms with Gasteiger partial charge in [0.05, 0.1) is 125 Å². The molecule has 0 saturated heterocycles. The van der Waals surface area contributed by atoms with E-state index in [4.69, 9.17) is 56.8 Å². The molecular weight excluding hydrogens is 996 g/mol. The molecule has 6 rings (SSSR count). The van der Waals surface area contributed by atoms with Gasteiger partial charge >= 0.3 is 11.9 Å². The van der Waals surface area contributed by atoms with Crippen LogP contribution >= 0.6 is 0 Å². The second-order valence-electron chi connectivity index (χ2n) is 18.9. The number of esters is 2. The quantitative estimate of drug-likeness (QED) is 0.0491. The molecule has 2 heterocycles. The third kappa shape index (κ3) is 13.8. The maximum absolute atomic E-state index is 12.9. The third-order valence-corrected chi connectivity index (χ3v) is 14.6. The van der Waals surface area contributed by atoms with E-state index >= 15 is 0 Å². The molecule has 0 amide bonds. The smallest absolute Gasteiger partial charge is 0.305 e. The summed E-state index contributed by atoms with van der Waals surface area (Å²) in [5.41, 5.74) is 6.64. The molecule has 410 valence electrons. The lowest BCUT2D eigenvalue weighted by Crippen LogP contribution is -3.00. The molecule has 0 aliphatic carbocycles. The number of ether oxygens (including phenoxy) is 12. The van der Waals surface area contributed by atoms with Gasteiger partial charge in [0.15, 0.2) is 46.0 Å². The first-order valence-electron chi connectivity index (χ1n) is 24.9. The highest BCUT2D eigenvalue weighted by molar-refractivity contribution is 5.69. The Morgan fingerprint density at radius 3 is 1.03 bits per heavy atom. The summed E-state index contributed by atoms with van der Waals surface area (Å²) in [6, 6.07) is 16.1. The number of halogens is 2. The summed E-state index contributed by atoms with van der Waals surface area (Å²) < 4.78 is 70.1. The minimum Gasteiger partial charge on any atom is -1.00 e. The Bertz CT molecular complexity index is 2270. The predicted octanol–water partition coefficient (Wildman–Crippen LogP) is 2.87. The number of benzene rings is 4. The summed E-state index contributed by atoms with van der Waals surface area (Å²) in [7, 11) is 20.8. The van der Waals surface area contributed by atoms with Gasteiger partial charge in [-0.25, -0.2) is 0 Å². The van der Waals surface area contributed by atoms with Crippen molar-refractivity contribution in [2.24, 2.45) is 0 Å². The number of rotatable bonds is 27. The molecule has 74 heavy (non-hydrogen) atoms. The van der Waals surface area contributed by atoms with Crippen LogP contribution in [-0.4, -0.2) is 145 Å². The van der Waals surface area contributed by atoms with Gasteiger partial charge in [0.2, 0.25) is 11.5 Å². The molecule has 0 unspecified atom stereocenters. The summed E-state index contributed by atoms with van der Waals surface area (Å²) in [6.07, 6.45) is 6.72. The molecule has 0 N–H and O–H groups in total. The van der Waals surface area contributed by atoms with Gasteiger partial charge in [0.25, 0.3) is 0 Å². The lowest BCUT2D eigenvalue weighted by atomic mass is 9.85. The molecule has 0 bridgehead atoms. The number of nitrogens with zero attached hydrogens (tertiary/aromatic N) is 2. The highest BCUT2D eigenvalue weighted by atomic mass is 35.5. The summed E-state index contributed by atoms with van der Waals surface area (Å²) in [4.78, 5) is 25.8. The highest BCUT2D eigenvalue weighted by Gasteiger charge is 2.43. The van der Waals surface area contributed by atoms with E-state index in [2.05, 4.69) is 38.4 Å². The van der Waals surface area contributed by atoms with Gasteiger partial charge in [-0.3, -0.25) is 9.59 Å². The normalized spacial score (nSPS) is 18.4. The summed E-state index contributed by atoms with van der Waals surface area (Å²) >= 11 is 0. The Balaban J connectivity index is 0.00000593. The van der Waals surface area contributed by atoms with E-state index in [1.54, 1.807) is 71.1 Å². The van der Waals surface area contributed by atoms with Crippen LogP contribution in [0.1, 0.15) is 96.8 Å². The molecule has 2 aliphatic heterocycles. The molecule has 4 aromatic rings. The van der Waals surface area contributed by atoms with E-state index in [0.29, 0.717) is 118 Å².